The van der Waals surface area contributed by atoms with E-state index in [1.54, 1.807) is 0 Å². The first kappa shape index (κ1) is 14.8. The zero-order chi connectivity index (χ0) is 14.5. The quantitative estimate of drug-likeness (QED) is 0.781. The second-order valence-corrected chi connectivity index (χ2v) is 5.61. The van der Waals surface area contributed by atoms with E-state index in [1.807, 2.05) is 19.2 Å². The molecule has 2 aromatic rings. The predicted octanol–water partition coefficient (Wildman–Crippen LogP) is 3.93. The van der Waals surface area contributed by atoms with Gasteiger partial charge in [-0.25, -0.2) is 9.97 Å². The lowest BCUT2D eigenvalue weighted by atomic mass is 10.1. The summed E-state index contributed by atoms with van der Waals surface area (Å²) in [5.41, 5.74) is 1.32. The van der Waals surface area contributed by atoms with Crippen LogP contribution in [0.5, 0.6) is 0 Å². The van der Waals surface area contributed by atoms with E-state index in [0.29, 0.717) is 5.15 Å². The SMILES string of the molecule is CC(C)c1nc(Cl)cc(N(C)CCc2ccccc2)n1. The number of aromatic nitrogens is 2. The van der Waals surface area contributed by atoms with Crippen LogP contribution in [0.3, 0.4) is 0 Å². The third kappa shape index (κ3) is 3.94. The smallest absolute Gasteiger partial charge is 0.135 e. The van der Waals surface area contributed by atoms with Crippen LogP contribution in [0, 0.1) is 0 Å². The lowest BCUT2D eigenvalue weighted by Crippen LogP contribution is -2.22. The van der Waals surface area contributed by atoms with Crippen LogP contribution >= 0.6 is 11.6 Å². The molecule has 0 bridgehead atoms. The van der Waals surface area contributed by atoms with Gasteiger partial charge in [0.25, 0.3) is 0 Å². The second kappa shape index (κ2) is 6.71. The first-order valence-electron chi connectivity index (χ1n) is 6.86. The first-order valence-corrected chi connectivity index (χ1v) is 7.23. The molecule has 0 fully saturated rings. The van der Waals surface area contributed by atoms with Gasteiger partial charge in [0.15, 0.2) is 0 Å². The van der Waals surface area contributed by atoms with Gasteiger partial charge in [-0.2, -0.15) is 0 Å². The number of hydrogen-bond acceptors (Lipinski definition) is 3. The molecule has 4 heteroatoms. The van der Waals surface area contributed by atoms with Gasteiger partial charge < -0.3 is 4.90 Å². The molecule has 0 amide bonds. The Morgan fingerprint density at radius 2 is 1.85 bits per heavy atom. The molecule has 1 aromatic heterocycles. The summed E-state index contributed by atoms with van der Waals surface area (Å²) in [7, 11) is 2.03. The highest BCUT2D eigenvalue weighted by molar-refractivity contribution is 6.29. The molecule has 1 aromatic carbocycles. The minimum atomic E-state index is 0.273. The van der Waals surface area contributed by atoms with Crippen LogP contribution in [0.4, 0.5) is 5.82 Å². The Bertz CT molecular complexity index is 555. The van der Waals surface area contributed by atoms with Gasteiger partial charge in [0.1, 0.15) is 16.8 Å². The summed E-state index contributed by atoms with van der Waals surface area (Å²) in [5, 5.41) is 0.505. The van der Waals surface area contributed by atoms with Crippen molar-refractivity contribution in [1.29, 1.82) is 0 Å². The van der Waals surface area contributed by atoms with Crippen molar-refractivity contribution in [3.05, 3.63) is 52.9 Å². The third-order valence-electron chi connectivity index (χ3n) is 3.18. The van der Waals surface area contributed by atoms with Crippen LogP contribution in [0.2, 0.25) is 5.15 Å². The second-order valence-electron chi connectivity index (χ2n) is 5.22. The van der Waals surface area contributed by atoms with Gasteiger partial charge in [0.2, 0.25) is 0 Å². The maximum Gasteiger partial charge on any atom is 0.135 e. The van der Waals surface area contributed by atoms with Crippen molar-refractivity contribution in [2.45, 2.75) is 26.2 Å². The van der Waals surface area contributed by atoms with Crippen LogP contribution in [0.25, 0.3) is 0 Å². The molecular weight excluding hydrogens is 270 g/mol. The highest BCUT2D eigenvalue weighted by Gasteiger charge is 2.10. The number of rotatable bonds is 5. The summed E-state index contributed by atoms with van der Waals surface area (Å²) >= 11 is 6.08. The number of nitrogens with zero attached hydrogens (tertiary/aromatic N) is 3. The van der Waals surface area contributed by atoms with E-state index in [0.717, 1.165) is 24.6 Å². The Morgan fingerprint density at radius 1 is 1.15 bits per heavy atom. The van der Waals surface area contributed by atoms with Gasteiger partial charge in [0, 0.05) is 25.6 Å². The highest BCUT2D eigenvalue weighted by Crippen LogP contribution is 2.19. The number of likely N-dealkylation sites (N-methyl/N-ethyl adjacent to an activating group) is 1. The molecule has 2 rings (SSSR count). The average Bonchev–Trinajstić information content (AvgIpc) is 2.45. The molecule has 0 spiro atoms. The zero-order valence-electron chi connectivity index (χ0n) is 12.2. The number of anilines is 1. The Labute approximate surface area is 125 Å². The molecule has 0 unspecified atom stereocenters. The maximum atomic E-state index is 6.08. The Balaban J connectivity index is 2.07. The van der Waals surface area contributed by atoms with Crippen LogP contribution < -0.4 is 4.90 Å². The number of hydrogen-bond donors (Lipinski definition) is 0. The summed E-state index contributed by atoms with van der Waals surface area (Å²) in [5.74, 6) is 1.94. The van der Waals surface area contributed by atoms with Crippen molar-refractivity contribution in [3.8, 4) is 0 Å². The van der Waals surface area contributed by atoms with Crippen LogP contribution in [0.15, 0.2) is 36.4 Å². The molecule has 0 aliphatic heterocycles. The van der Waals surface area contributed by atoms with Gasteiger partial charge in [-0.15, -0.1) is 0 Å². The lowest BCUT2D eigenvalue weighted by molar-refractivity contribution is 0.760. The van der Waals surface area contributed by atoms with Crippen molar-refractivity contribution >= 4 is 17.4 Å². The van der Waals surface area contributed by atoms with Gasteiger partial charge in [-0.05, 0) is 12.0 Å². The van der Waals surface area contributed by atoms with Crippen molar-refractivity contribution in [1.82, 2.24) is 9.97 Å². The van der Waals surface area contributed by atoms with Gasteiger partial charge in [0.05, 0.1) is 0 Å². The zero-order valence-corrected chi connectivity index (χ0v) is 12.9. The molecule has 0 aliphatic rings. The predicted molar refractivity (Wildman–Crippen MR) is 84.5 cm³/mol. The summed E-state index contributed by atoms with van der Waals surface area (Å²) in [6, 6.07) is 12.3. The van der Waals surface area contributed by atoms with Crippen LogP contribution in [-0.4, -0.2) is 23.6 Å². The molecule has 0 saturated heterocycles. The fourth-order valence-electron chi connectivity index (χ4n) is 1.93. The highest BCUT2D eigenvalue weighted by atomic mass is 35.5. The summed E-state index contributed by atoms with van der Waals surface area (Å²) in [6.45, 7) is 5.04. The molecule has 20 heavy (non-hydrogen) atoms. The maximum absolute atomic E-state index is 6.08. The molecule has 3 nitrogen and oxygen atoms in total. The van der Waals surface area contributed by atoms with E-state index in [-0.39, 0.29) is 5.92 Å². The molecule has 106 valence electrons. The van der Waals surface area contributed by atoms with Crippen LogP contribution in [-0.2, 0) is 6.42 Å². The summed E-state index contributed by atoms with van der Waals surface area (Å²) in [4.78, 5) is 11.0. The Kier molecular flexibility index (Phi) is 4.96. The van der Waals surface area contributed by atoms with E-state index in [1.165, 1.54) is 5.56 Å². The fourth-order valence-corrected chi connectivity index (χ4v) is 2.12. The Hall–Kier alpha value is -1.61. The molecule has 0 N–H and O–H groups in total. The van der Waals surface area contributed by atoms with Gasteiger partial charge >= 0.3 is 0 Å². The largest absolute Gasteiger partial charge is 0.359 e. The van der Waals surface area contributed by atoms with E-state index < -0.39 is 0 Å². The molecule has 0 radical (unpaired) electrons. The van der Waals surface area contributed by atoms with Crippen molar-refractivity contribution in [3.63, 3.8) is 0 Å². The standard InChI is InChI=1S/C16H20ClN3/c1-12(2)16-18-14(17)11-15(19-16)20(3)10-9-13-7-5-4-6-8-13/h4-8,11-12H,9-10H2,1-3H3. The van der Waals surface area contributed by atoms with E-state index >= 15 is 0 Å². The first-order chi connectivity index (χ1) is 9.56. The average molecular weight is 290 g/mol. The monoisotopic (exact) mass is 289 g/mol. The van der Waals surface area contributed by atoms with Gasteiger partial charge in [-0.1, -0.05) is 55.8 Å². The van der Waals surface area contributed by atoms with Gasteiger partial charge in [-0.3, -0.25) is 0 Å². The summed E-state index contributed by atoms with van der Waals surface area (Å²) in [6.07, 6.45) is 0.982. The third-order valence-corrected chi connectivity index (χ3v) is 3.38. The lowest BCUT2D eigenvalue weighted by Gasteiger charge is -2.19. The van der Waals surface area contributed by atoms with Crippen molar-refractivity contribution in [2.75, 3.05) is 18.5 Å². The van der Waals surface area contributed by atoms with Crippen LogP contribution in [0.1, 0.15) is 31.2 Å². The Morgan fingerprint density at radius 3 is 2.50 bits per heavy atom. The molecular formula is C16H20ClN3. The van der Waals surface area contributed by atoms with Crippen molar-refractivity contribution < 1.29 is 0 Å². The minimum Gasteiger partial charge on any atom is -0.359 e. The van der Waals surface area contributed by atoms with E-state index in [4.69, 9.17) is 11.6 Å². The molecule has 1 heterocycles. The van der Waals surface area contributed by atoms with Crippen molar-refractivity contribution in [2.24, 2.45) is 0 Å². The summed E-state index contributed by atoms with van der Waals surface area (Å²) < 4.78 is 0. The molecule has 0 aliphatic carbocycles. The topological polar surface area (TPSA) is 29.0 Å². The number of halogens is 1. The number of benzene rings is 1. The van der Waals surface area contributed by atoms with E-state index in [2.05, 4.69) is 53.0 Å². The fraction of sp³-hybridized carbons (Fsp3) is 0.375. The van der Waals surface area contributed by atoms with E-state index in [9.17, 15) is 0 Å². The molecule has 0 saturated carbocycles. The molecule has 0 atom stereocenters. The minimum absolute atomic E-state index is 0.273. The normalized spacial score (nSPS) is 10.8.